The standard InChI is InChI=1S/C20H20FN3O2S/c21-15-5-7-16(8-6-15)26-14-20(25)24-11-9-23(10-12-24)13-19-22-17-3-1-2-4-18(17)27-19/h1-8H,9-14H2/p+1. The number of rotatable bonds is 5. The highest BCUT2D eigenvalue weighted by Gasteiger charge is 2.24. The third kappa shape index (κ3) is 4.43. The fourth-order valence-corrected chi connectivity index (χ4v) is 4.26. The fraction of sp³-hybridized carbons (Fsp3) is 0.300. The number of aromatic nitrogens is 1. The van der Waals surface area contributed by atoms with E-state index in [0.29, 0.717) is 18.8 Å². The number of carbonyl (C=O) groups excluding carboxylic acids is 1. The first kappa shape index (κ1) is 17.9. The Bertz CT molecular complexity index is 887. The van der Waals surface area contributed by atoms with Crippen molar-refractivity contribution in [2.45, 2.75) is 6.54 Å². The van der Waals surface area contributed by atoms with E-state index in [9.17, 15) is 9.18 Å². The number of halogens is 1. The van der Waals surface area contributed by atoms with Crippen molar-refractivity contribution < 1.29 is 18.8 Å². The van der Waals surface area contributed by atoms with Gasteiger partial charge in [-0.05, 0) is 36.4 Å². The van der Waals surface area contributed by atoms with Crippen LogP contribution in [0.1, 0.15) is 5.01 Å². The SMILES string of the molecule is O=C(COc1ccc(F)cc1)N1CC[NH+](Cc2nc3ccccc3s2)CC1. The Morgan fingerprint density at radius 2 is 1.89 bits per heavy atom. The summed E-state index contributed by atoms with van der Waals surface area (Å²) in [4.78, 5) is 20.3. The lowest BCUT2D eigenvalue weighted by Gasteiger charge is -2.31. The molecular weight excluding hydrogens is 365 g/mol. The normalized spacial score (nSPS) is 15.2. The molecule has 0 saturated carbocycles. The van der Waals surface area contributed by atoms with Gasteiger partial charge in [0.15, 0.2) is 6.61 Å². The molecule has 0 atom stereocenters. The molecule has 2 aromatic carbocycles. The van der Waals surface area contributed by atoms with Crippen molar-refractivity contribution in [3.05, 3.63) is 59.4 Å². The van der Waals surface area contributed by atoms with Gasteiger partial charge in [-0.15, -0.1) is 11.3 Å². The maximum Gasteiger partial charge on any atom is 0.260 e. The molecule has 3 aromatic rings. The molecule has 0 radical (unpaired) electrons. The maximum absolute atomic E-state index is 12.9. The van der Waals surface area contributed by atoms with E-state index in [1.54, 1.807) is 11.3 Å². The lowest BCUT2D eigenvalue weighted by molar-refractivity contribution is -0.917. The number of piperazine rings is 1. The van der Waals surface area contributed by atoms with Gasteiger partial charge in [-0.3, -0.25) is 4.79 Å². The highest BCUT2D eigenvalue weighted by atomic mass is 32.1. The zero-order valence-corrected chi connectivity index (χ0v) is 15.7. The molecule has 1 N–H and O–H groups in total. The quantitative estimate of drug-likeness (QED) is 0.727. The van der Waals surface area contributed by atoms with Gasteiger partial charge in [0, 0.05) is 0 Å². The lowest BCUT2D eigenvalue weighted by atomic mass is 10.3. The molecule has 5 nitrogen and oxygen atoms in total. The zero-order chi connectivity index (χ0) is 18.6. The first-order valence-electron chi connectivity index (χ1n) is 9.01. The van der Waals surface area contributed by atoms with Crippen LogP contribution in [0.3, 0.4) is 0 Å². The second kappa shape index (κ2) is 8.02. The minimum absolute atomic E-state index is 0.0150. The number of para-hydroxylation sites is 1. The maximum atomic E-state index is 12.9. The second-order valence-corrected chi connectivity index (χ2v) is 7.74. The van der Waals surface area contributed by atoms with Gasteiger partial charge < -0.3 is 14.5 Å². The molecule has 1 saturated heterocycles. The van der Waals surface area contributed by atoms with E-state index in [1.165, 1.54) is 33.9 Å². The van der Waals surface area contributed by atoms with Crippen LogP contribution in [0.25, 0.3) is 10.2 Å². The topological polar surface area (TPSA) is 46.9 Å². The summed E-state index contributed by atoms with van der Waals surface area (Å²) < 4.78 is 19.6. The summed E-state index contributed by atoms with van der Waals surface area (Å²) in [5, 5.41) is 1.14. The molecule has 0 aliphatic carbocycles. The number of benzene rings is 2. The molecule has 7 heteroatoms. The molecule has 0 unspecified atom stereocenters. The molecule has 1 aliphatic heterocycles. The molecule has 1 amide bonds. The van der Waals surface area contributed by atoms with Gasteiger partial charge in [-0.2, -0.15) is 0 Å². The molecule has 1 aliphatic rings. The van der Waals surface area contributed by atoms with Crippen LogP contribution in [0.4, 0.5) is 4.39 Å². The molecular formula is C20H21FN3O2S+. The molecule has 0 spiro atoms. The van der Waals surface area contributed by atoms with Crippen molar-refractivity contribution in [2.24, 2.45) is 0 Å². The summed E-state index contributed by atoms with van der Waals surface area (Å²) >= 11 is 1.75. The molecule has 0 bridgehead atoms. The van der Waals surface area contributed by atoms with Crippen LogP contribution in [0, 0.1) is 5.82 Å². The summed E-state index contributed by atoms with van der Waals surface area (Å²) in [6, 6.07) is 13.9. The fourth-order valence-electron chi connectivity index (χ4n) is 3.23. The highest BCUT2D eigenvalue weighted by Crippen LogP contribution is 2.20. The molecule has 1 fully saturated rings. The van der Waals surface area contributed by atoms with Gasteiger partial charge in [-0.1, -0.05) is 12.1 Å². The van der Waals surface area contributed by atoms with E-state index in [4.69, 9.17) is 9.72 Å². The number of quaternary nitrogens is 1. The number of hydrogen-bond acceptors (Lipinski definition) is 4. The Morgan fingerprint density at radius 1 is 1.15 bits per heavy atom. The van der Waals surface area contributed by atoms with Crippen LogP contribution in [-0.4, -0.2) is 48.6 Å². The van der Waals surface area contributed by atoms with Crippen LogP contribution in [0.2, 0.25) is 0 Å². The monoisotopic (exact) mass is 386 g/mol. The Hall–Kier alpha value is -2.51. The number of amides is 1. The van der Waals surface area contributed by atoms with E-state index < -0.39 is 0 Å². The van der Waals surface area contributed by atoms with E-state index in [0.717, 1.165) is 30.2 Å². The third-order valence-electron chi connectivity index (χ3n) is 4.74. The number of ether oxygens (including phenoxy) is 1. The average Bonchev–Trinajstić information content (AvgIpc) is 3.10. The van der Waals surface area contributed by atoms with Gasteiger partial charge in [0.05, 0.1) is 36.4 Å². The Kier molecular flexibility index (Phi) is 5.31. The number of nitrogens with zero attached hydrogens (tertiary/aromatic N) is 2. The average molecular weight is 386 g/mol. The first-order valence-corrected chi connectivity index (χ1v) is 9.83. The van der Waals surface area contributed by atoms with Crippen LogP contribution in [0.15, 0.2) is 48.5 Å². The van der Waals surface area contributed by atoms with Crippen molar-refractivity contribution in [2.75, 3.05) is 32.8 Å². The number of nitrogens with one attached hydrogen (secondary N) is 1. The second-order valence-electron chi connectivity index (χ2n) is 6.63. The van der Waals surface area contributed by atoms with Crippen molar-refractivity contribution in [3.63, 3.8) is 0 Å². The van der Waals surface area contributed by atoms with Crippen LogP contribution < -0.4 is 9.64 Å². The van der Waals surface area contributed by atoms with Crippen LogP contribution in [0.5, 0.6) is 5.75 Å². The number of hydrogen-bond donors (Lipinski definition) is 1. The van der Waals surface area contributed by atoms with Gasteiger partial charge in [0.1, 0.15) is 23.1 Å². The zero-order valence-electron chi connectivity index (χ0n) is 14.9. The van der Waals surface area contributed by atoms with Gasteiger partial charge in [0.2, 0.25) is 0 Å². The molecule has 2 heterocycles. The highest BCUT2D eigenvalue weighted by molar-refractivity contribution is 7.18. The van der Waals surface area contributed by atoms with Crippen LogP contribution in [-0.2, 0) is 11.3 Å². The minimum Gasteiger partial charge on any atom is -0.484 e. The van der Waals surface area contributed by atoms with Crippen molar-refractivity contribution >= 4 is 27.5 Å². The van der Waals surface area contributed by atoms with Gasteiger partial charge >= 0.3 is 0 Å². The summed E-state index contributed by atoms with van der Waals surface area (Å²) in [5.74, 6) is 0.157. The molecule has 140 valence electrons. The lowest BCUT2D eigenvalue weighted by Crippen LogP contribution is -3.13. The predicted molar refractivity (Wildman–Crippen MR) is 102 cm³/mol. The Balaban J connectivity index is 1.25. The van der Waals surface area contributed by atoms with Crippen molar-refractivity contribution in [1.82, 2.24) is 9.88 Å². The summed E-state index contributed by atoms with van der Waals surface area (Å²) in [6.45, 7) is 4.11. The number of fused-ring (bicyclic) bond motifs is 1. The molecule has 4 rings (SSSR count). The summed E-state index contributed by atoms with van der Waals surface area (Å²) in [6.07, 6.45) is 0. The summed E-state index contributed by atoms with van der Waals surface area (Å²) in [5.41, 5.74) is 1.06. The van der Waals surface area contributed by atoms with E-state index in [2.05, 4.69) is 6.07 Å². The summed E-state index contributed by atoms with van der Waals surface area (Å²) in [7, 11) is 0. The van der Waals surface area contributed by atoms with E-state index in [1.807, 2.05) is 23.1 Å². The minimum atomic E-state index is -0.319. The Morgan fingerprint density at radius 3 is 2.63 bits per heavy atom. The Labute approximate surface area is 161 Å². The van der Waals surface area contributed by atoms with Crippen molar-refractivity contribution in [3.8, 4) is 5.75 Å². The van der Waals surface area contributed by atoms with E-state index >= 15 is 0 Å². The van der Waals surface area contributed by atoms with Gasteiger partial charge in [-0.25, -0.2) is 9.37 Å². The smallest absolute Gasteiger partial charge is 0.260 e. The molecule has 1 aromatic heterocycles. The molecule has 27 heavy (non-hydrogen) atoms. The van der Waals surface area contributed by atoms with E-state index in [-0.39, 0.29) is 18.3 Å². The predicted octanol–water partition coefficient (Wildman–Crippen LogP) is 1.74. The van der Waals surface area contributed by atoms with Crippen molar-refractivity contribution in [1.29, 1.82) is 0 Å². The van der Waals surface area contributed by atoms with Crippen LogP contribution >= 0.6 is 11.3 Å². The first-order chi connectivity index (χ1) is 13.2. The number of carbonyl (C=O) groups is 1. The third-order valence-corrected chi connectivity index (χ3v) is 5.77. The largest absolute Gasteiger partial charge is 0.484 e. The van der Waals surface area contributed by atoms with Gasteiger partial charge in [0.25, 0.3) is 5.91 Å². The number of thiazole rings is 1.